The lowest BCUT2D eigenvalue weighted by molar-refractivity contribution is 0.581. The number of nitrogens with zero attached hydrogens (tertiary/aromatic N) is 3. The zero-order valence-corrected chi connectivity index (χ0v) is 12.3. The van der Waals surface area contributed by atoms with Crippen molar-refractivity contribution in [2.24, 2.45) is 5.73 Å². The van der Waals surface area contributed by atoms with Gasteiger partial charge in [-0.15, -0.1) is 0 Å². The zero-order valence-electron chi connectivity index (χ0n) is 9.98. The van der Waals surface area contributed by atoms with Gasteiger partial charge in [0, 0.05) is 23.5 Å². The van der Waals surface area contributed by atoms with Crippen LogP contribution in [0.5, 0.6) is 0 Å². The average molecular weight is 330 g/mol. The van der Waals surface area contributed by atoms with E-state index in [2.05, 4.69) is 26.0 Å². The van der Waals surface area contributed by atoms with E-state index in [9.17, 15) is 0 Å². The molecule has 0 aliphatic carbocycles. The summed E-state index contributed by atoms with van der Waals surface area (Å²) >= 11 is 9.63. The molecule has 0 fully saturated rings. The maximum Gasteiger partial charge on any atom is 0.138 e. The number of halogens is 2. The Bertz CT molecular complexity index is 541. The SMILES string of the molecule is CCn1ncnc1CC(N)c1cccc(Br)c1Cl. The number of nitrogens with two attached hydrogens (primary N) is 1. The van der Waals surface area contributed by atoms with Crippen molar-refractivity contribution in [1.29, 1.82) is 0 Å². The molecule has 1 heterocycles. The van der Waals surface area contributed by atoms with E-state index in [4.69, 9.17) is 17.3 Å². The van der Waals surface area contributed by atoms with Gasteiger partial charge in [-0.2, -0.15) is 5.10 Å². The van der Waals surface area contributed by atoms with Gasteiger partial charge in [-0.25, -0.2) is 4.98 Å². The van der Waals surface area contributed by atoms with Crippen molar-refractivity contribution in [3.05, 3.63) is 45.4 Å². The van der Waals surface area contributed by atoms with Crippen LogP contribution in [0.1, 0.15) is 24.4 Å². The monoisotopic (exact) mass is 328 g/mol. The lowest BCUT2D eigenvalue weighted by Crippen LogP contribution is -2.17. The number of rotatable bonds is 4. The highest BCUT2D eigenvalue weighted by Crippen LogP contribution is 2.30. The highest BCUT2D eigenvalue weighted by Gasteiger charge is 2.15. The summed E-state index contributed by atoms with van der Waals surface area (Å²) in [5, 5.41) is 4.79. The predicted molar refractivity (Wildman–Crippen MR) is 75.5 cm³/mol. The summed E-state index contributed by atoms with van der Waals surface area (Å²) in [6.07, 6.45) is 2.16. The van der Waals surface area contributed by atoms with E-state index in [0.717, 1.165) is 22.4 Å². The summed E-state index contributed by atoms with van der Waals surface area (Å²) in [5.41, 5.74) is 7.11. The first kappa shape index (κ1) is 13.5. The normalized spacial score (nSPS) is 12.7. The molecule has 0 saturated carbocycles. The van der Waals surface area contributed by atoms with Crippen LogP contribution >= 0.6 is 27.5 Å². The second kappa shape index (κ2) is 5.82. The lowest BCUT2D eigenvalue weighted by atomic mass is 10.0. The molecule has 2 N–H and O–H groups in total. The standard InChI is InChI=1S/C12H14BrClN4/c1-2-18-11(16-7-17-18)6-10(15)8-4-3-5-9(13)12(8)14/h3-5,7,10H,2,6,15H2,1H3. The van der Waals surface area contributed by atoms with Crippen molar-refractivity contribution in [1.82, 2.24) is 14.8 Å². The molecule has 2 aromatic rings. The number of hydrogen-bond donors (Lipinski definition) is 1. The minimum absolute atomic E-state index is 0.190. The highest BCUT2D eigenvalue weighted by molar-refractivity contribution is 9.10. The van der Waals surface area contributed by atoms with Crippen molar-refractivity contribution >= 4 is 27.5 Å². The van der Waals surface area contributed by atoms with Crippen molar-refractivity contribution in [3.63, 3.8) is 0 Å². The summed E-state index contributed by atoms with van der Waals surface area (Å²) in [7, 11) is 0. The molecular weight excluding hydrogens is 316 g/mol. The Labute approximate surface area is 119 Å². The number of aryl methyl sites for hydroxylation is 1. The van der Waals surface area contributed by atoms with E-state index in [-0.39, 0.29) is 6.04 Å². The van der Waals surface area contributed by atoms with Gasteiger partial charge >= 0.3 is 0 Å². The average Bonchev–Trinajstić information content (AvgIpc) is 2.79. The lowest BCUT2D eigenvalue weighted by Gasteiger charge is -2.14. The quantitative estimate of drug-likeness (QED) is 0.938. The molecule has 0 spiro atoms. The molecule has 0 amide bonds. The van der Waals surface area contributed by atoms with Crippen LogP contribution in [0.15, 0.2) is 29.0 Å². The first-order chi connectivity index (χ1) is 8.63. The minimum Gasteiger partial charge on any atom is -0.324 e. The molecule has 18 heavy (non-hydrogen) atoms. The molecule has 2 rings (SSSR count). The molecule has 4 nitrogen and oxygen atoms in total. The molecule has 96 valence electrons. The first-order valence-electron chi connectivity index (χ1n) is 5.69. The molecule has 1 atom stereocenters. The molecular formula is C12H14BrClN4. The number of aromatic nitrogens is 3. The first-order valence-corrected chi connectivity index (χ1v) is 6.86. The summed E-state index contributed by atoms with van der Waals surface area (Å²) in [6.45, 7) is 2.81. The van der Waals surface area contributed by atoms with Crippen LogP contribution in [0.25, 0.3) is 0 Å². The second-order valence-corrected chi connectivity index (χ2v) is 5.18. The molecule has 0 aliphatic rings. The van der Waals surface area contributed by atoms with E-state index in [1.54, 1.807) is 6.33 Å². The third-order valence-electron chi connectivity index (χ3n) is 2.78. The Morgan fingerprint density at radius 2 is 2.28 bits per heavy atom. The summed E-state index contributed by atoms with van der Waals surface area (Å²) in [4.78, 5) is 4.22. The molecule has 0 radical (unpaired) electrons. The van der Waals surface area contributed by atoms with Gasteiger partial charge in [0.05, 0.1) is 5.02 Å². The van der Waals surface area contributed by atoms with Gasteiger partial charge < -0.3 is 5.73 Å². The van der Waals surface area contributed by atoms with Gasteiger partial charge in [-0.3, -0.25) is 4.68 Å². The molecule has 1 unspecified atom stereocenters. The van der Waals surface area contributed by atoms with Crippen LogP contribution in [-0.2, 0) is 13.0 Å². The predicted octanol–water partition coefficient (Wildman–Crippen LogP) is 2.96. The molecule has 0 saturated heterocycles. The van der Waals surface area contributed by atoms with Gasteiger partial charge in [0.25, 0.3) is 0 Å². The Kier molecular flexibility index (Phi) is 4.37. The largest absolute Gasteiger partial charge is 0.324 e. The fraction of sp³-hybridized carbons (Fsp3) is 0.333. The molecule has 0 bridgehead atoms. The van der Waals surface area contributed by atoms with Crippen LogP contribution < -0.4 is 5.73 Å². The number of benzene rings is 1. The van der Waals surface area contributed by atoms with E-state index in [1.165, 1.54) is 0 Å². The third-order valence-corrected chi connectivity index (χ3v) is 4.09. The van der Waals surface area contributed by atoms with Crippen molar-refractivity contribution in [3.8, 4) is 0 Å². The Hall–Kier alpha value is -0.910. The van der Waals surface area contributed by atoms with Gasteiger partial charge in [0.1, 0.15) is 12.2 Å². The third kappa shape index (κ3) is 2.74. The Balaban J connectivity index is 2.22. The summed E-state index contributed by atoms with van der Waals surface area (Å²) < 4.78 is 2.69. The van der Waals surface area contributed by atoms with Crippen LogP contribution in [0.4, 0.5) is 0 Å². The second-order valence-electron chi connectivity index (χ2n) is 3.95. The Morgan fingerprint density at radius 3 is 3.00 bits per heavy atom. The van der Waals surface area contributed by atoms with Crippen molar-refractivity contribution in [2.75, 3.05) is 0 Å². The van der Waals surface area contributed by atoms with Gasteiger partial charge in [0.2, 0.25) is 0 Å². The molecule has 1 aromatic carbocycles. The maximum absolute atomic E-state index is 6.23. The smallest absolute Gasteiger partial charge is 0.138 e. The Morgan fingerprint density at radius 1 is 1.50 bits per heavy atom. The van der Waals surface area contributed by atoms with Gasteiger partial charge in [-0.05, 0) is 34.5 Å². The van der Waals surface area contributed by atoms with Gasteiger partial charge in [-0.1, -0.05) is 23.7 Å². The topological polar surface area (TPSA) is 56.7 Å². The van der Waals surface area contributed by atoms with E-state index in [1.807, 2.05) is 29.8 Å². The van der Waals surface area contributed by atoms with E-state index >= 15 is 0 Å². The van der Waals surface area contributed by atoms with E-state index in [0.29, 0.717) is 11.4 Å². The highest BCUT2D eigenvalue weighted by atomic mass is 79.9. The van der Waals surface area contributed by atoms with E-state index < -0.39 is 0 Å². The summed E-state index contributed by atoms with van der Waals surface area (Å²) in [6, 6.07) is 5.57. The maximum atomic E-state index is 6.23. The van der Waals surface area contributed by atoms with Gasteiger partial charge in [0.15, 0.2) is 0 Å². The zero-order chi connectivity index (χ0) is 13.1. The van der Waals surface area contributed by atoms with Crippen molar-refractivity contribution < 1.29 is 0 Å². The molecule has 6 heteroatoms. The molecule has 0 aliphatic heterocycles. The fourth-order valence-corrected chi connectivity index (χ4v) is 2.47. The van der Waals surface area contributed by atoms with Crippen molar-refractivity contribution in [2.45, 2.75) is 25.9 Å². The van der Waals surface area contributed by atoms with Crippen LogP contribution in [0, 0.1) is 0 Å². The fourth-order valence-electron chi connectivity index (χ4n) is 1.82. The van der Waals surface area contributed by atoms with Crippen LogP contribution in [-0.4, -0.2) is 14.8 Å². The van der Waals surface area contributed by atoms with Crippen LogP contribution in [0.2, 0.25) is 5.02 Å². The number of hydrogen-bond acceptors (Lipinski definition) is 3. The molecule has 1 aromatic heterocycles. The minimum atomic E-state index is -0.190. The van der Waals surface area contributed by atoms with Crippen LogP contribution in [0.3, 0.4) is 0 Å². The summed E-state index contributed by atoms with van der Waals surface area (Å²) in [5.74, 6) is 0.876.